The zero-order chi connectivity index (χ0) is 28.7. The van der Waals surface area contributed by atoms with E-state index < -0.39 is 26.8 Å². The maximum atomic E-state index is 13.9. The van der Waals surface area contributed by atoms with Gasteiger partial charge in [-0.2, -0.15) is 0 Å². The first kappa shape index (κ1) is 30.3. The lowest BCUT2D eigenvalue weighted by Gasteiger charge is -2.55. The number of rotatable bonds is 10. The van der Waals surface area contributed by atoms with E-state index in [2.05, 4.69) is 26.8 Å². The van der Waals surface area contributed by atoms with Gasteiger partial charge in [0.25, 0.3) is 0 Å². The first-order valence-electron chi connectivity index (χ1n) is 16.4. The molecule has 0 saturated heterocycles. The smallest absolute Gasteiger partial charge is 0.181 e. The molecule has 1 aromatic carbocycles. The first-order chi connectivity index (χ1) is 19.1. The van der Waals surface area contributed by atoms with Crippen LogP contribution in [0.3, 0.4) is 0 Å². The molecule has 224 valence electrons. The summed E-state index contributed by atoms with van der Waals surface area (Å²) in [7, 11) is -3.52. The van der Waals surface area contributed by atoms with E-state index in [1.807, 2.05) is 13.0 Å². The van der Waals surface area contributed by atoms with Gasteiger partial charge in [0.2, 0.25) is 0 Å². The van der Waals surface area contributed by atoms with Gasteiger partial charge in [0.15, 0.2) is 9.84 Å². The number of sulfone groups is 1. The molecule has 5 rings (SSSR count). The average Bonchev–Trinajstić information content (AvgIpc) is 3.32. The van der Waals surface area contributed by atoms with Crippen molar-refractivity contribution in [3.63, 3.8) is 0 Å². The van der Waals surface area contributed by atoms with Crippen molar-refractivity contribution < 1.29 is 18.6 Å². The predicted octanol–water partition coefficient (Wildman–Crippen LogP) is 7.74. The number of hydrogen-bond donors (Lipinski definition) is 2. The van der Waals surface area contributed by atoms with Crippen molar-refractivity contribution in [2.45, 2.75) is 133 Å². The van der Waals surface area contributed by atoms with Crippen LogP contribution in [0.1, 0.15) is 111 Å². The van der Waals surface area contributed by atoms with Crippen LogP contribution in [-0.2, 0) is 9.84 Å². The molecule has 3 saturated carbocycles. The summed E-state index contributed by atoms with van der Waals surface area (Å²) >= 11 is 0. The van der Waals surface area contributed by atoms with Crippen molar-refractivity contribution in [1.82, 2.24) is 0 Å². The predicted molar refractivity (Wildman–Crippen MR) is 163 cm³/mol. The van der Waals surface area contributed by atoms with E-state index in [9.17, 15) is 18.6 Å². The second-order valence-electron chi connectivity index (χ2n) is 14.3. The molecule has 10 atom stereocenters. The molecule has 2 N–H and O–H groups in total. The topological polar surface area (TPSA) is 74.6 Å². The summed E-state index contributed by atoms with van der Waals surface area (Å²) in [5.41, 5.74) is 1.31. The molecular formula is C35H54O4S. The normalized spacial score (nSPS) is 38.0. The van der Waals surface area contributed by atoms with Gasteiger partial charge in [-0.3, -0.25) is 0 Å². The Balaban J connectivity index is 1.36. The summed E-state index contributed by atoms with van der Waals surface area (Å²) in [6.45, 7) is 8.86. The number of aliphatic hydroxyl groups excluding tert-OH is 1. The number of hydrogen-bond acceptors (Lipinski definition) is 4. The highest BCUT2D eigenvalue weighted by Crippen LogP contribution is 2.65. The van der Waals surface area contributed by atoms with Crippen LogP contribution in [-0.4, -0.2) is 35.6 Å². The van der Waals surface area contributed by atoms with Crippen LogP contribution in [0.2, 0.25) is 0 Å². The van der Waals surface area contributed by atoms with Crippen LogP contribution in [0.4, 0.5) is 0 Å². The Morgan fingerprint density at radius 3 is 2.38 bits per heavy atom. The van der Waals surface area contributed by atoms with E-state index in [-0.39, 0.29) is 5.41 Å². The maximum absolute atomic E-state index is 13.9. The lowest BCUT2D eigenvalue weighted by molar-refractivity contribution is -0.0474. The third kappa shape index (κ3) is 5.49. The fourth-order valence-electron chi connectivity index (χ4n) is 10.1. The van der Waals surface area contributed by atoms with Gasteiger partial charge in [-0.15, -0.1) is 0 Å². The van der Waals surface area contributed by atoms with Crippen LogP contribution in [0, 0.1) is 40.9 Å². The number of allylic oxidation sites excluding steroid dienone is 1. The summed E-state index contributed by atoms with van der Waals surface area (Å²) in [5, 5.41) is 21.1. The number of fused-ring (bicyclic) bond motifs is 5. The second-order valence-corrected chi connectivity index (χ2v) is 16.5. The summed E-state index contributed by atoms with van der Waals surface area (Å²) in [6.07, 6.45) is 14.4. The Labute approximate surface area is 244 Å². The molecule has 4 aliphatic carbocycles. The van der Waals surface area contributed by atoms with Gasteiger partial charge < -0.3 is 10.2 Å². The van der Waals surface area contributed by atoms with E-state index in [0.717, 1.165) is 50.4 Å². The third-order valence-corrected chi connectivity index (χ3v) is 14.7. The van der Waals surface area contributed by atoms with Gasteiger partial charge in [-0.05, 0) is 130 Å². The Bertz CT molecular complexity index is 1150. The van der Waals surface area contributed by atoms with Crippen LogP contribution >= 0.6 is 0 Å². The summed E-state index contributed by atoms with van der Waals surface area (Å²) < 4.78 is 27.7. The zero-order valence-corrected chi connectivity index (χ0v) is 26.2. The standard InChI is InChI=1S/C35H54O4S/c1-5-24(21-28(22-26(36)6-2)40(38,39)27-11-9-8-10-12-27)32-15-16-33-31-14-13-25-23-35(37,7-3)20-18-29(25)30(31)17-19-34(32,33)4/h8-13,24,26,28-33,36-37H,5-7,14-23H2,1-4H3/t24-,26+,28?,29+,30-,31-,32-,33+,34-,35+/m1/s1. The Morgan fingerprint density at radius 1 is 0.950 bits per heavy atom. The Morgan fingerprint density at radius 2 is 1.70 bits per heavy atom. The fourth-order valence-corrected chi connectivity index (χ4v) is 12.0. The van der Waals surface area contributed by atoms with Crippen molar-refractivity contribution >= 4 is 9.84 Å². The highest BCUT2D eigenvalue weighted by molar-refractivity contribution is 7.92. The van der Waals surface area contributed by atoms with Crippen molar-refractivity contribution in [1.29, 1.82) is 0 Å². The fraction of sp³-hybridized carbons (Fsp3) is 0.771. The van der Waals surface area contributed by atoms with Crippen molar-refractivity contribution in [3.05, 3.63) is 42.0 Å². The molecule has 1 unspecified atom stereocenters. The first-order valence-corrected chi connectivity index (χ1v) is 18.0. The molecule has 0 amide bonds. The molecule has 1 aromatic rings. The summed E-state index contributed by atoms with van der Waals surface area (Å²) in [6, 6.07) is 8.90. The maximum Gasteiger partial charge on any atom is 0.181 e. The number of benzene rings is 1. The van der Waals surface area contributed by atoms with E-state index in [1.165, 1.54) is 25.7 Å². The minimum absolute atomic E-state index is 0.260. The number of aliphatic hydroxyl groups is 2. The molecule has 0 radical (unpaired) electrons. The van der Waals surface area contributed by atoms with E-state index in [0.29, 0.717) is 47.8 Å². The van der Waals surface area contributed by atoms with E-state index in [1.54, 1.807) is 29.8 Å². The second kappa shape index (κ2) is 11.8. The average molecular weight is 571 g/mol. The SMILES string of the molecule is CC[C@H](O)CC(C[C@@H](CC)[C@H]1CC[C@H]2[C@@H]3CC=C4C[C@](O)(CC)CC[C@@H]4[C@H]3CC[C@]12C)S(=O)(=O)c1ccccc1. The van der Waals surface area contributed by atoms with Gasteiger partial charge in [-0.25, -0.2) is 8.42 Å². The lowest BCUT2D eigenvalue weighted by Crippen LogP contribution is -2.48. The molecule has 5 heteroatoms. The van der Waals surface area contributed by atoms with Gasteiger partial charge >= 0.3 is 0 Å². The highest BCUT2D eigenvalue weighted by Gasteiger charge is 2.57. The minimum Gasteiger partial charge on any atom is -0.393 e. The van der Waals surface area contributed by atoms with Crippen molar-refractivity contribution in [3.8, 4) is 0 Å². The van der Waals surface area contributed by atoms with Crippen molar-refractivity contribution in [2.75, 3.05) is 0 Å². The molecule has 0 bridgehead atoms. The highest BCUT2D eigenvalue weighted by atomic mass is 32.2. The van der Waals surface area contributed by atoms with Crippen LogP contribution in [0.25, 0.3) is 0 Å². The molecule has 0 spiro atoms. The largest absolute Gasteiger partial charge is 0.393 e. The molecule has 0 aliphatic heterocycles. The third-order valence-electron chi connectivity index (χ3n) is 12.5. The van der Waals surface area contributed by atoms with Gasteiger partial charge in [-0.1, -0.05) is 64.0 Å². The van der Waals surface area contributed by atoms with Gasteiger partial charge in [0.05, 0.1) is 21.9 Å². The monoisotopic (exact) mass is 570 g/mol. The molecule has 4 aliphatic rings. The molecule has 40 heavy (non-hydrogen) atoms. The zero-order valence-electron chi connectivity index (χ0n) is 25.4. The molecule has 0 aromatic heterocycles. The molecule has 4 nitrogen and oxygen atoms in total. The molecular weight excluding hydrogens is 516 g/mol. The van der Waals surface area contributed by atoms with Crippen LogP contribution < -0.4 is 0 Å². The Kier molecular flexibility index (Phi) is 8.97. The van der Waals surface area contributed by atoms with Crippen molar-refractivity contribution in [2.24, 2.45) is 40.9 Å². The van der Waals surface area contributed by atoms with E-state index >= 15 is 0 Å². The van der Waals surface area contributed by atoms with Gasteiger partial charge in [0.1, 0.15) is 0 Å². The molecule has 3 fully saturated rings. The quantitative estimate of drug-likeness (QED) is 0.282. The lowest BCUT2D eigenvalue weighted by atomic mass is 9.50. The minimum atomic E-state index is -3.52. The molecule has 0 heterocycles. The van der Waals surface area contributed by atoms with Crippen LogP contribution in [0.5, 0.6) is 0 Å². The van der Waals surface area contributed by atoms with Crippen LogP contribution in [0.15, 0.2) is 46.9 Å². The van der Waals surface area contributed by atoms with E-state index in [4.69, 9.17) is 0 Å². The summed E-state index contributed by atoms with van der Waals surface area (Å²) in [4.78, 5) is 0.390. The summed E-state index contributed by atoms with van der Waals surface area (Å²) in [5.74, 6) is 3.74. The Hall–Kier alpha value is -1.17. The van der Waals surface area contributed by atoms with Gasteiger partial charge in [0, 0.05) is 0 Å².